The van der Waals surface area contributed by atoms with E-state index in [0.29, 0.717) is 18.1 Å². The molecule has 0 atom stereocenters. The van der Waals surface area contributed by atoms with Crippen molar-refractivity contribution < 1.29 is 9.47 Å². The Balaban J connectivity index is 1.50. The molecule has 6 heteroatoms. The van der Waals surface area contributed by atoms with Crippen molar-refractivity contribution in [3.05, 3.63) is 48.5 Å². The Bertz CT molecular complexity index is 1120. The zero-order valence-corrected chi connectivity index (χ0v) is 20.1. The lowest BCUT2D eigenvalue weighted by Gasteiger charge is -2.39. The molecule has 2 bridgehead atoms. The molecular formula is C27H34N4O2. The van der Waals surface area contributed by atoms with Gasteiger partial charge in [-0.25, -0.2) is 4.98 Å². The molecule has 2 aliphatic heterocycles. The molecule has 0 radical (unpaired) electrons. The van der Waals surface area contributed by atoms with Gasteiger partial charge in [0.15, 0.2) is 0 Å². The van der Waals surface area contributed by atoms with Crippen LogP contribution in [0.1, 0.15) is 12.8 Å². The second kappa shape index (κ2) is 8.84. The van der Waals surface area contributed by atoms with Gasteiger partial charge in [0.1, 0.15) is 18.1 Å². The quantitative estimate of drug-likeness (QED) is 0.501. The van der Waals surface area contributed by atoms with Crippen LogP contribution in [0.15, 0.2) is 48.5 Å². The molecule has 2 aromatic carbocycles. The Kier molecular flexibility index (Phi) is 5.89. The topological polar surface area (TPSA) is 49.9 Å². The van der Waals surface area contributed by atoms with E-state index >= 15 is 0 Å². The summed E-state index contributed by atoms with van der Waals surface area (Å²) in [4.78, 5) is 9.99. The van der Waals surface area contributed by atoms with Gasteiger partial charge in [-0.2, -0.15) is 0 Å². The van der Waals surface area contributed by atoms with Gasteiger partial charge in [0.25, 0.3) is 0 Å². The van der Waals surface area contributed by atoms with Crippen LogP contribution in [-0.2, 0) is 0 Å². The van der Waals surface area contributed by atoms with E-state index in [1.165, 1.54) is 23.9 Å². The highest BCUT2D eigenvalue weighted by Crippen LogP contribution is 2.54. The van der Waals surface area contributed by atoms with Gasteiger partial charge in [-0.15, -0.1) is 0 Å². The summed E-state index contributed by atoms with van der Waals surface area (Å²) in [7, 11) is 8.00. The van der Waals surface area contributed by atoms with Crippen LogP contribution in [0, 0.1) is 5.41 Å². The first-order valence-electron chi connectivity index (χ1n) is 11.8. The van der Waals surface area contributed by atoms with Gasteiger partial charge < -0.3 is 24.6 Å². The maximum absolute atomic E-state index is 5.79. The predicted molar refractivity (Wildman–Crippen MR) is 135 cm³/mol. The summed E-state index contributed by atoms with van der Waals surface area (Å²) >= 11 is 0. The van der Waals surface area contributed by atoms with Crippen molar-refractivity contribution in [3.63, 3.8) is 0 Å². The predicted octanol–water partition coefficient (Wildman–Crippen LogP) is 4.04. The Morgan fingerprint density at radius 3 is 2.55 bits per heavy atom. The number of nitrogens with one attached hydrogen (secondary N) is 1. The lowest BCUT2D eigenvalue weighted by molar-refractivity contribution is 0.141. The van der Waals surface area contributed by atoms with Crippen LogP contribution < -0.4 is 19.7 Å². The van der Waals surface area contributed by atoms with Crippen LogP contribution in [0.3, 0.4) is 0 Å². The van der Waals surface area contributed by atoms with E-state index in [1.54, 1.807) is 7.11 Å². The summed E-state index contributed by atoms with van der Waals surface area (Å²) in [6, 6.07) is 17.4. The molecule has 6 nitrogen and oxygen atoms in total. The highest BCUT2D eigenvalue weighted by atomic mass is 16.5. The first kappa shape index (κ1) is 22.0. The highest BCUT2D eigenvalue weighted by Gasteiger charge is 2.55. The normalized spacial score (nSPS) is 21.5. The number of fused-ring (bicyclic) bond motifs is 2. The highest BCUT2D eigenvalue weighted by molar-refractivity contribution is 5.95. The number of nitrogens with zero attached hydrogens (tertiary/aromatic N) is 3. The molecule has 3 heterocycles. The molecule has 33 heavy (non-hydrogen) atoms. The van der Waals surface area contributed by atoms with Gasteiger partial charge in [-0.1, -0.05) is 0 Å². The molecule has 1 saturated carbocycles. The third kappa shape index (κ3) is 4.25. The van der Waals surface area contributed by atoms with E-state index in [2.05, 4.69) is 53.5 Å². The standard InChI is InChI=1S/C27H34N4O2/c1-28-11-12-33-21-7-5-19(6-8-21)24-14-26(23-10-9-22(32-4)13-25(23)29-24)31-18-27(17-30(2)3)15-20(31)16-27/h5-10,13-14,20,28H,11-12,15-18H2,1-4H3. The van der Waals surface area contributed by atoms with E-state index < -0.39 is 0 Å². The molecule has 6 rings (SSSR count). The Morgan fingerprint density at radius 1 is 1.09 bits per heavy atom. The van der Waals surface area contributed by atoms with Crippen LogP contribution in [0.4, 0.5) is 5.69 Å². The molecular weight excluding hydrogens is 412 g/mol. The summed E-state index contributed by atoms with van der Waals surface area (Å²) in [6.45, 7) is 3.74. The molecule has 0 amide bonds. The molecule has 3 fully saturated rings. The fraction of sp³-hybridized carbons (Fsp3) is 0.444. The molecule has 3 aliphatic rings. The van der Waals surface area contributed by atoms with Crippen LogP contribution in [-0.4, -0.2) is 70.4 Å². The van der Waals surface area contributed by atoms with Crippen molar-refractivity contribution in [1.29, 1.82) is 0 Å². The summed E-state index contributed by atoms with van der Waals surface area (Å²) in [6.07, 6.45) is 2.55. The van der Waals surface area contributed by atoms with E-state index in [1.807, 2.05) is 31.3 Å². The number of likely N-dealkylation sites (N-methyl/N-ethyl adjacent to an activating group) is 1. The van der Waals surface area contributed by atoms with Gasteiger partial charge in [0.2, 0.25) is 0 Å². The monoisotopic (exact) mass is 446 g/mol. The molecule has 1 aromatic heterocycles. The number of rotatable bonds is 9. The third-order valence-corrected chi connectivity index (χ3v) is 7.01. The SMILES string of the molecule is CNCCOc1ccc(-c2cc(N3CC4(CN(C)C)CC3C4)c3ccc(OC)cc3n2)cc1. The number of hydrogen-bond donors (Lipinski definition) is 1. The van der Waals surface area contributed by atoms with Crippen LogP contribution in [0.2, 0.25) is 0 Å². The minimum Gasteiger partial charge on any atom is -0.497 e. The lowest BCUT2D eigenvalue weighted by Crippen LogP contribution is -2.41. The number of hydrogen-bond acceptors (Lipinski definition) is 6. The third-order valence-electron chi connectivity index (χ3n) is 7.01. The average molecular weight is 447 g/mol. The average Bonchev–Trinajstić information content (AvgIpc) is 3.33. The Labute approximate surface area is 196 Å². The molecule has 174 valence electrons. The summed E-state index contributed by atoms with van der Waals surface area (Å²) in [5.41, 5.74) is 4.76. The number of ether oxygens (including phenoxy) is 2. The van der Waals surface area contributed by atoms with E-state index in [4.69, 9.17) is 14.5 Å². The van der Waals surface area contributed by atoms with Gasteiger partial charge in [-0.3, -0.25) is 0 Å². The van der Waals surface area contributed by atoms with Gasteiger partial charge in [0, 0.05) is 53.8 Å². The van der Waals surface area contributed by atoms with E-state index in [9.17, 15) is 0 Å². The first-order chi connectivity index (χ1) is 16.0. The maximum atomic E-state index is 5.79. The summed E-state index contributed by atoms with van der Waals surface area (Å²) in [5, 5.41) is 4.30. The smallest absolute Gasteiger partial charge is 0.121 e. The van der Waals surface area contributed by atoms with Crippen molar-refractivity contribution in [2.45, 2.75) is 18.9 Å². The van der Waals surface area contributed by atoms with Crippen LogP contribution in [0.25, 0.3) is 22.2 Å². The molecule has 0 unspecified atom stereocenters. The second-order valence-corrected chi connectivity index (χ2v) is 9.81. The van der Waals surface area contributed by atoms with Crippen molar-refractivity contribution in [1.82, 2.24) is 15.2 Å². The molecule has 1 N–H and O–H groups in total. The van der Waals surface area contributed by atoms with Crippen molar-refractivity contribution >= 4 is 16.6 Å². The number of benzene rings is 2. The summed E-state index contributed by atoms with van der Waals surface area (Å²) < 4.78 is 11.3. The minimum atomic E-state index is 0.419. The minimum absolute atomic E-state index is 0.419. The van der Waals surface area contributed by atoms with Crippen molar-refractivity contribution in [2.75, 3.05) is 59.4 Å². The first-order valence-corrected chi connectivity index (χ1v) is 11.8. The van der Waals surface area contributed by atoms with E-state index in [0.717, 1.165) is 47.9 Å². The van der Waals surface area contributed by atoms with Crippen LogP contribution in [0.5, 0.6) is 11.5 Å². The molecule has 0 spiro atoms. The van der Waals surface area contributed by atoms with Crippen LogP contribution >= 0.6 is 0 Å². The number of aromatic nitrogens is 1. The maximum Gasteiger partial charge on any atom is 0.121 e. The fourth-order valence-electron chi connectivity index (χ4n) is 5.61. The van der Waals surface area contributed by atoms with Gasteiger partial charge >= 0.3 is 0 Å². The van der Waals surface area contributed by atoms with Gasteiger partial charge in [0.05, 0.1) is 18.3 Å². The second-order valence-electron chi connectivity index (χ2n) is 9.81. The summed E-state index contributed by atoms with van der Waals surface area (Å²) in [5.74, 6) is 1.71. The van der Waals surface area contributed by atoms with E-state index in [-0.39, 0.29) is 0 Å². The van der Waals surface area contributed by atoms with Gasteiger partial charge in [-0.05, 0) is 76.4 Å². The Morgan fingerprint density at radius 2 is 1.85 bits per heavy atom. The largest absolute Gasteiger partial charge is 0.497 e. The van der Waals surface area contributed by atoms with Crippen molar-refractivity contribution in [3.8, 4) is 22.8 Å². The molecule has 1 aliphatic carbocycles. The number of anilines is 1. The zero-order valence-electron chi connectivity index (χ0n) is 20.1. The number of pyridine rings is 1. The zero-order chi connectivity index (χ0) is 23.0. The number of methoxy groups -OCH3 is 1. The van der Waals surface area contributed by atoms with Crippen molar-refractivity contribution in [2.24, 2.45) is 5.41 Å². The molecule has 3 aromatic rings. The fourth-order valence-corrected chi connectivity index (χ4v) is 5.61. The molecule has 2 saturated heterocycles. The lowest BCUT2D eigenvalue weighted by atomic mass is 9.70. The Hall–Kier alpha value is -2.83.